The fourth-order valence-corrected chi connectivity index (χ4v) is 1.27. The molecule has 68 valence electrons. The number of halogens is 1. The number of primary sulfonamides is 1. The van der Waals surface area contributed by atoms with Crippen molar-refractivity contribution in [2.75, 3.05) is 0 Å². The summed E-state index contributed by atoms with van der Waals surface area (Å²) in [5.74, 6) is 0. The molecule has 6 heteroatoms. The fraction of sp³-hybridized carbons (Fsp3) is 0. The van der Waals surface area contributed by atoms with Gasteiger partial charge in [0.25, 0.3) is 0 Å². The van der Waals surface area contributed by atoms with E-state index in [2.05, 4.69) is 0 Å². The minimum absolute atomic E-state index is 0. The van der Waals surface area contributed by atoms with Gasteiger partial charge >= 0.3 is 0 Å². The molecule has 0 heterocycles. The van der Waals surface area contributed by atoms with Crippen LogP contribution in [0, 0.1) is 0 Å². The number of benzene rings is 1. The van der Waals surface area contributed by atoms with Gasteiger partial charge in [0.05, 0.1) is 4.90 Å². The smallest absolute Gasteiger partial charge is 0.238 e. The molecule has 0 radical (unpaired) electrons. The maximum absolute atomic E-state index is 10.7. The van der Waals surface area contributed by atoms with Gasteiger partial charge < -0.3 is 6.15 Å². The second-order valence-corrected chi connectivity index (χ2v) is 4.00. The topological polar surface area (TPSA) is 95.2 Å². The predicted octanol–water partition coefficient (Wildman–Crippen LogP) is 1.15. The monoisotopic (exact) mass is 208 g/mol. The van der Waals surface area contributed by atoms with E-state index in [1.54, 1.807) is 0 Å². The summed E-state index contributed by atoms with van der Waals surface area (Å²) in [7, 11) is -3.58. The van der Waals surface area contributed by atoms with Crippen molar-refractivity contribution in [3.8, 4) is 0 Å². The first-order chi connectivity index (χ1) is 5.00. The van der Waals surface area contributed by atoms with Crippen LogP contribution in [0.2, 0.25) is 5.02 Å². The van der Waals surface area contributed by atoms with Crippen molar-refractivity contribution >= 4 is 21.6 Å². The third kappa shape index (κ3) is 2.78. The maximum atomic E-state index is 10.7. The molecule has 0 saturated heterocycles. The molecule has 0 aliphatic rings. The van der Waals surface area contributed by atoms with Gasteiger partial charge in [-0.1, -0.05) is 11.6 Å². The molecule has 4 nitrogen and oxygen atoms in total. The van der Waals surface area contributed by atoms with Gasteiger partial charge in [-0.2, -0.15) is 0 Å². The number of hydrogen-bond acceptors (Lipinski definition) is 3. The van der Waals surface area contributed by atoms with E-state index in [-0.39, 0.29) is 11.0 Å². The first-order valence-corrected chi connectivity index (χ1v) is 4.71. The standard InChI is InChI=1S/C6H6ClNO2S.H3N/c7-5-1-3-6(4-2-5)11(8,9)10;/h1-4H,(H2,8,9,10);1H3. The second kappa shape index (κ2) is 3.86. The molecule has 0 bridgehead atoms. The lowest BCUT2D eigenvalue weighted by molar-refractivity contribution is 0.598. The van der Waals surface area contributed by atoms with Crippen LogP contribution in [0.25, 0.3) is 0 Å². The number of rotatable bonds is 1. The highest BCUT2D eigenvalue weighted by molar-refractivity contribution is 7.89. The number of nitrogens with two attached hydrogens (primary N) is 1. The van der Waals surface area contributed by atoms with Gasteiger partial charge in [-0.05, 0) is 24.3 Å². The zero-order valence-electron chi connectivity index (χ0n) is 6.20. The molecular formula is C6H9ClN2O2S. The van der Waals surface area contributed by atoms with E-state index in [1.165, 1.54) is 24.3 Å². The lowest BCUT2D eigenvalue weighted by atomic mass is 10.4. The predicted molar refractivity (Wildman–Crippen MR) is 47.8 cm³/mol. The van der Waals surface area contributed by atoms with E-state index in [1.807, 2.05) is 0 Å². The summed E-state index contributed by atoms with van der Waals surface area (Å²) >= 11 is 5.53. The summed E-state index contributed by atoms with van der Waals surface area (Å²) in [6.07, 6.45) is 0. The minimum Gasteiger partial charge on any atom is -0.344 e. The van der Waals surface area contributed by atoms with E-state index in [9.17, 15) is 8.42 Å². The zero-order valence-corrected chi connectivity index (χ0v) is 7.77. The van der Waals surface area contributed by atoms with Crippen molar-refractivity contribution in [1.29, 1.82) is 0 Å². The Morgan fingerprint density at radius 3 is 1.92 bits per heavy atom. The van der Waals surface area contributed by atoms with Gasteiger partial charge in [-0.15, -0.1) is 0 Å². The Morgan fingerprint density at radius 1 is 1.17 bits per heavy atom. The molecule has 0 atom stereocenters. The Labute approximate surface area is 76.0 Å². The van der Waals surface area contributed by atoms with Crippen LogP contribution in [0.3, 0.4) is 0 Å². The quantitative estimate of drug-likeness (QED) is 0.725. The molecule has 0 amide bonds. The van der Waals surface area contributed by atoms with Crippen molar-refractivity contribution in [3.05, 3.63) is 29.3 Å². The average molecular weight is 209 g/mol. The Bertz CT molecular complexity index is 346. The van der Waals surface area contributed by atoms with Gasteiger partial charge in [-0.25, -0.2) is 13.6 Å². The Balaban J connectivity index is 0.00000121. The second-order valence-electron chi connectivity index (χ2n) is 2.00. The van der Waals surface area contributed by atoms with Crippen LogP contribution < -0.4 is 11.3 Å². The van der Waals surface area contributed by atoms with Gasteiger partial charge in [0, 0.05) is 5.02 Å². The third-order valence-corrected chi connectivity index (χ3v) is 2.32. The summed E-state index contributed by atoms with van der Waals surface area (Å²) in [5, 5.41) is 5.32. The Kier molecular flexibility index (Phi) is 3.66. The van der Waals surface area contributed by atoms with E-state index in [4.69, 9.17) is 16.7 Å². The fourth-order valence-electron chi connectivity index (χ4n) is 0.624. The minimum atomic E-state index is -3.58. The Morgan fingerprint density at radius 2 is 1.58 bits per heavy atom. The molecule has 0 spiro atoms. The SMILES string of the molecule is N.NS(=O)(=O)c1ccc(Cl)cc1. The van der Waals surface area contributed by atoms with Crippen LogP contribution in [0.5, 0.6) is 0 Å². The molecule has 0 aliphatic heterocycles. The molecule has 0 aromatic heterocycles. The molecule has 0 fully saturated rings. The molecule has 0 unspecified atom stereocenters. The van der Waals surface area contributed by atoms with Crippen LogP contribution in [-0.2, 0) is 10.0 Å². The van der Waals surface area contributed by atoms with E-state index < -0.39 is 10.0 Å². The molecular weight excluding hydrogens is 200 g/mol. The van der Waals surface area contributed by atoms with Crippen molar-refractivity contribution in [2.45, 2.75) is 4.90 Å². The van der Waals surface area contributed by atoms with Gasteiger partial charge in [0.1, 0.15) is 0 Å². The first kappa shape index (κ1) is 11.4. The van der Waals surface area contributed by atoms with Gasteiger partial charge in [0.2, 0.25) is 10.0 Å². The van der Waals surface area contributed by atoms with Gasteiger partial charge in [-0.3, -0.25) is 0 Å². The van der Waals surface area contributed by atoms with Crippen molar-refractivity contribution in [1.82, 2.24) is 6.15 Å². The summed E-state index contributed by atoms with van der Waals surface area (Å²) < 4.78 is 21.4. The van der Waals surface area contributed by atoms with E-state index in [0.29, 0.717) is 5.02 Å². The van der Waals surface area contributed by atoms with Crippen LogP contribution in [0.4, 0.5) is 0 Å². The van der Waals surface area contributed by atoms with Gasteiger partial charge in [0.15, 0.2) is 0 Å². The summed E-state index contributed by atoms with van der Waals surface area (Å²) in [6.45, 7) is 0. The average Bonchev–Trinajstić information content (AvgIpc) is 1.86. The van der Waals surface area contributed by atoms with Crippen LogP contribution in [-0.4, -0.2) is 8.42 Å². The van der Waals surface area contributed by atoms with Crippen molar-refractivity contribution in [2.24, 2.45) is 5.14 Å². The first-order valence-electron chi connectivity index (χ1n) is 2.78. The lowest BCUT2D eigenvalue weighted by Gasteiger charge is -1.95. The molecule has 0 saturated carbocycles. The zero-order chi connectivity index (χ0) is 8.48. The van der Waals surface area contributed by atoms with Crippen LogP contribution >= 0.6 is 11.6 Å². The maximum Gasteiger partial charge on any atom is 0.238 e. The highest BCUT2D eigenvalue weighted by Gasteiger charge is 2.05. The largest absolute Gasteiger partial charge is 0.344 e. The van der Waals surface area contributed by atoms with E-state index in [0.717, 1.165) is 0 Å². The summed E-state index contributed by atoms with van der Waals surface area (Å²) in [6, 6.07) is 5.66. The van der Waals surface area contributed by atoms with Crippen molar-refractivity contribution < 1.29 is 8.42 Å². The normalized spacial score (nSPS) is 10.5. The van der Waals surface area contributed by atoms with Crippen LogP contribution in [0.1, 0.15) is 0 Å². The highest BCUT2D eigenvalue weighted by Crippen LogP contribution is 2.11. The molecule has 12 heavy (non-hydrogen) atoms. The van der Waals surface area contributed by atoms with E-state index >= 15 is 0 Å². The summed E-state index contributed by atoms with van der Waals surface area (Å²) in [4.78, 5) is 0.0712. The molecule has 1 rings (SSSR count). The molecule has 5 N–H and O–H groups in total. The highest BCUT2D eigenvalue weighted by atomic mass is 35.5. The third-order valence-electron chi connectivity index (χ3n) is 1.14. The molecule has 0 aliphatic carbocycles. The molecule has 1 aromatic carbocycles. The summed E-state index contributed by atoms with van der Waals surface area (Å²) in [5.41, 5.74) is 0. The number of hydrogen-bond donors (Lipinski definition) is 2. The van der Waals surface area contributed by atoms with Crippen LogP contribution in [0.15, 0.2) is 29.2 Å². The molecule has 1 aromatic rings. The number of sulfonamides is 1. The van der Waals surface area contributed by atoms with Crippen molar-refractivity contribution in [3.63, 3.8) is 0 Å². The lowest BCUT2D eigenvalue weighted by Crippen LogP contribution is -2.11. The Hall–Kier alpha value is -0.620.